The molecule has 5 heteroatoms. The van der Waals surface area contributed by atoms with Crippen molar-refractivity contribution in [2.24, 2.45) is 0 Å². The Morgan fingerprint density at radius 2 is 2.00 bits per heavy atom. The first-order chi connectivity index (χ1) is 10.2. The Morgan fingerprint density at radius 1 is 1.19 bits per heavy atom. The van der Waals surface area contributed by atoms with Crippen LogP contribution in [0.1, 0.15) is 5.56 Å². The number of hydrogen-bond donors (Lipinski definition) is 2. The quantitative estimate of drug-likeness (QED) is 0.707. The molecular formula is C16H17N3OS. The summed E-state index contributed by atoms with van der Waals surface area (Å²) in [6.07, 6.45) is 0.946. The summed E-state index contributed by atoms with van der Waals surface area (Å²) >= 11 is 1.63. The monoisotopic (exact) mass is 299 g/mol. The van der Waals surface area contributed by atoms with Gasteiger partial charge in [0.1, 0.15) is 5.75 Å². The molecule has 0 saturated carbocycles. The number of ether oxygens (including phenoxy) is 1. The smallest absolute Gasteiger partial charge is 0.183 e. The zero-order valence-corrected chi connectivity index (χ0v) is 12.6. The lowest BCUT2D eigenvalue weighted by atomic mass is 10.1. The molecule has 0 aliphatic rings. The van der Waals surface area contributed by atoms with E-state index in [0.717, 1.165) is 39.8 Å². The summed E-state index contributed by atoms with van der Waals surface area (Å²) in [5.41, 5.74) is 8.81. The highest BCUT2D eigenvalue weighted by Crippen LogP contribution is 2.27. The summed E-state index contributed by atoms with van der Waals surface area (Å²) in [7, 11) is 1.68. The Labute approximate surface area is 127 Å². The van der Waals surface area contributed by atoms with Crippen LogP contribution >= 0.6 is 11.3 Å². The standard InChI is InChI=1S/C16H17N3OS/c1-20-13-5-2-11(3-6-13)8-9-18-16-19-14-7-4-12(17)10-15(14)21-16/h2-7,10H,8-9,17H2,1H3,(H,18,19). The molecule has 0 aliphatic carbocycles. The summed E-state index contributed by atoms with van der Waals surface area (Å²) in [5, 5.41) is 4.30. The first-order valence-electron chi connectivity index (χ1n) is 6.77. The minimum absolute atomic E-state index is 0.774. The fourth-order valence-electron chi connectivity index (χ4n) is 2.12. The zero-order valence-electron chi connectivity index (χ0n) is 11.8. The number of thiazole rings is 1. The molecule has 0 bridgehead atoms. The Kier molecular flexibility index (Phi) is 3.92. The van der Waals surface area contributed by atoms with Crippen molar-refractivity contribution in [1.29, 1.82) is 0 Å². The first kappa shape index (κ1) is 13.7. The highest BCUT2D eigenvalue weighted by atomic mass is 32.1. The second-order valence-corrected chi connectivity index (χ2v) is 5.80. The number of hydrogen-bond acceptors (Lipinski definition) is 5. The molecule has 1 aromatic heterocycles. The van der Waals surface area contributed by atoms with E-state index >= 15 is 0 Å². The normalized spacial score (nSPS) is 10.7. The van der Waals surface area contributed by atoms with Crippen molar-refractivity contribution in [2.75, 3.05) is 24.7 Å². The largest absolute Gasteiger partial charge is 0.497 e. The van der Waals surface area contributed by atoms with Crippen LogP contribution in [0.25, 0.3) is 10.2 Å². The number of aromatic nitrogens is 1. The van der Waals surface area contributed by atoms with E-state index in [9.17, 15) is 0 Å². The topological polar surface area (TPSA) is 60.2 Å². The number of nitrogens with zero attached hydrogens (tertiary/aromatic N) is 1. The molecule has 2 aromatic carbocycles. The van der Waals surface area contributed by atoms with E-state index < -0.39 is 0 Å². The minimum atomic E-state index is 0.774. The van der Waals surface area contributed by atoms with E-state index in [1.807, 2.05) is 30.3 Å². The van der Waals surface area contributed by atoms with Crippen LogP contribution in [-0.4, -0.2) is 18.6 Å². The van der Waals surface area contributed by atoms with Crippen molar-refractivity contribution in [1.82, 2.24) is 4.98 Å². The number of nitrogens with one attached hydrogen (secondary N) is 1. The molecule has 0 spiro atoms. The van der Waals surface area contributed by atoms with E-state index in [4.69, 9.17) is 10.5 Å². The molecule has 0 unspecified atom stereocenters. The maximum absolute atomic E-state index is 5.78. The highest BCUT2D eigenvalue weighted by molar-refractivity contribution is 7.22. The molecular weight excluding hydrogens is 282 g/mol. The van der Waals surface area contributed by atoms with Crippen molar-refractivity contribution in [3.05, 3.63) is 48.0 Å². The Balaban J connectivity index is 1.60. The number of methoxy groups -OCH3 is 1. The molecule has 21 heavy (non-hydrogen) atoms. The Morgan fingerprint density at radius 3 is 2.76 bits per heavy atom. The maximum Gasteiger partial charge on any atom is 0.183 e. The molecule has 0 saturated heterocycles. The van der Waals surface area contributed by atoms with Crippen LogP contribution in [0.5, 0.6) is 5.75 Å². The first-order valence-corrected chi connectivity index (χ1v) is 7.59. The SMILES string of the molecule is COc1ccc(CCNc2nc3ccc(N)cc3s2)cc1. The molecule has 0 amide bonds. The van der Waals surface area contributed by atoms with Gasteiger partial charge in [-0.15, -0.1) is 0 Å². The van der Waals surface area contributed by atoms with E-state index in [2.05, 4.69) is 22.4 Å². The number of nitrogen functional groups attached to an aromatic ring is 1. The summed E-state index contributed by atoms with van der Waals surface area (Å²) in [4.78, 5) is 4.54. The maximum atomic E-state index is 5.78. The van der Waals surface area contributed by atoms with Crippen LogP contribution in [0.2, 0.25) is 0 Å². The van der Waals surface area contributed by atoms with Gasteiger partial charge in [0.15, 0.2) is 5.13 Å². The Hall–Kier alpha value is -2.27. The highest BCUT2D eigenvalue weighted by Gasteiger charge is 2.03. The van der Waals surface area contributed by atoms with Crippen molar-refractivity contribution < 1.29 is 4.74 Å². The van der Waals surface area contributed by atoms with Crippen molar-refractivity contribution in [2.45, 2.75) is 6.42 Å². The molecule has 3 rings (SSSR count). The lowest BCUT2D eigenvalue weighted by Gasteiger charge is -2.04. The van der Waals surface area contributed by atoms with Crippen LogP contribution in [0.3, 0.4) is 0 Å². The van der Waals surface area contributed by atoms with E-state index in [1.165, 1.54) is 5.56 Å². The van der Waals surface area contributed by atoms with E-state index in [0.29, 0.717) is 0 Å². The molecule has 0 atom stereocenters. The van der Waals surface area contributed by atoms with Gasteiger partial charge in [-0.25, -0.2) is 4.98 Å². The summed E-state index contributed by atoms with van der Waals surface area (Å²) < 4.78 is 6.27. The predicted molar refractivity (Wildman–Crippen MR) is 89.2 cm³/mol. The fraction of sp³-hybridized carbons (Fsp3) is 0.188. The van der Waals surface area contributed by atoms with Gasteiger partial charge in [-0.05, 0) is 42.3 Å². The molecule has 1 heterocycles. The van der Waals surface area contributed by atoms with Gasteiger partial charge in [-0.2, -0.15) is 0 Å². The molecule has 3 N–H and O–H groups in total. The van der Waals surface area contributed by atoms with Gasteiger partial charge in [0.2, 0.25) is 0 Å². The van der Waals surface area contributed by atoms with Gasteiger partial charge in [0.25, 0.3) is 0 Å². The lowest BCUT2D eigenvalue weighted by molar-refractivity contribution is 0.414. The molecule has 0 fully saturated rings. The van der Waals surface area contributed by atoms with Crippen molar-refractivity contribution in [3.63, 3.8) is 0 Å². The van der Waals surface area contributed by atoms with Crippen LogP contribution in [0.15, 0.2) is 42.5 Å². The molecule has 0 aliphatic heterocycles. The minimum Gasteiger partial charge on any atom is -0.497 e. The summed E-state index contributed by atoms with van der Waals surface area (Å²) in [5.74, 6) is 0.885. The molecule has 3 aromatic rings. The number of rotatable bonds is 5. The summed E-state index contributed by atoms with van der Waals surface area (Å²) in [6.45, 7) is 0.849. The lowest BCUT2D eigenvalue weighted by Crippen LogP contribution is -2.04. The molecule has 0 radical (unpaired) electrons. The summed E-state index contributed by atoms with van der Waals surface area (Å²) in [6, 6.07) is 13.9. The Bertz CT molecular complexity index is 737. The second-order valence-electron chi connectivity index (χ2n) is 4.77. The van der Waals surface area contributed by atoms with Crippen molar-refractivity contribution >= 4 is 32.4 Å². The van der Waals surface area contributed by atoms with E-state index in [-0.39, 0.29) is 0 Å². The third-order valence-electron chi connectivity index (χ3n) is 3.26. The number of fused-ring (bicyclic) bond motifs is 1. The van der Waals surface area contributed by atoms with Crippen LogP contribution in [-0.2, 0) is 6.42 Å². The fourth-order valence-corrected chi connectivity index (χ4v) is 3.06. The van der Waals surface area contributed by atoms with Gasteiger partial charge in [0.05, 0.1) is 17.3 Å². The zero-order chi connectivity index (χ0) is 14.7. The van der Waals surface area contributed by atoms with Gasteiger partial charge in [-0.1, -0.05) is 23.5 Å². The average Bonchev–Trinajstić information content (AvgIpc) is 2.89. The number of nitrogens with two attached hydrogens (primary N) is 1. The van der Waals surface area contributed by atoms with Gasteiger partial charge in [0, 0.05) is 12.2 Å². The molecule has 4 nitrogen and oxygen atoms in total. The number of anilines is 2. The van der Waals surface area contributed by atoms with Crippen LogP contribution < -0.4 is 15.8 Å². The van der Waals surface area contributed by atoms with Gasteiger partial charge >= 0.3 is 0 Å². The number of benzene rings is 2. The average molecular weight is 299 g/mol. The van der Waals surface area contributed by atoms with Crippen LogP contribution in [0.4, 0.5) is 10.8 Å². The molecule has 108 valence electrons. The van der Waals surface area contributed by atoms with Crippen LogP contribution in [0, 0.1) is 0 Å². The second kappa shape index (κ2) is 6.01. The third kappa shape index (κ3) is 3.25. The van der Waals surface area contributed by atoms with Crippen molar-refractivity contribution in [3.8, 4) is 5.75 Å². The van der Waals surface area contributed by atoms with Gasteiger partial charge in [-0.3, -0.25) is 0 Å². The predicted octanol–water partition coefficient (Wildman–Crippen LogP) is 3.54. The van der Waals surface area contributed by atoms with Gasteiger partial charge < -0.3 is 15.8 Å². The third-order valence-corrected chi connectivity index (χ3v) is 4.24. The van der Waals surface area contributed by atoms with E-state index in [1.54, 1.807) is 18.4 Å².